The molecule has 1 amide bonds. The average Bonchev–Trinajstić information content (AvgIpc) is 2.49. The first-order valence-corrected chi connectivity index (χ1v) is 6.97. The van der Waals surface area contributed by atoms with Gasteiger partial charge in [0.15, 0.2) is 11.5 Å². The lowest BCUT2D eigenvalue weighted by Crippen LogP contribution is -2.40. The van der Waals surface area contributed by atoms with E-state index >= 15 is 0 Å². The fraction of sp³-hybridized carbons (Fsp3) is 0.133. The van der Waals surface area contributed by atoms with E-state index in [0.717, 1.165) is 4.47 Å². The SMILES string of the molecule is O=C(Nc1ccccc1Br)[C@H]1COc2ccccc2O1. The van der Waals surface area contributed by atoms with Gasteiger partial charge in [0.2, 0.25) is 6.10 Å². The zero-order chi connectivity index (χ0) is 13.9. The van der Waals surface area contributed by atoms with Crippen LogP contribution in [0.2, 0.25) is 0 Å². The van der Waals surface area contributed by atoms with Crippen molar-refractivity contribution in [2.45, 2.75) is 6.10 Å². The zero-order valence-corrected chi connectivity index (χ0v) is 12.1. The Morgan fingerprint density at radius 1 is 1.10 bits per heavy atom. The number of carbonyl (C=O) groups excluding carboxylic acids is 1. The van der Waals surface area contributed by atoms with Crippen LogP contribution in [0.25, 0.3) is 0 Å². The number of carbonyl (C=O) groups is 1. The third-order valence-electron chi connectivity index (χ3n) is 2.93. The number of para-hydroxylation sites is 3. The Kier molecular flexibility index (Phi) is 3.60. The van der Waals surface area contributed by atoms with Gasteiger partial charge in [0.05, 0.1) is 5.69 Å². The van der Waals surface area contributed by atoms with Gasteiger partial charge in [0.25, 0.3) is 5.91 Å². The molecule has 0 saturated carbocycles. The Balaban J connectivity index is 1.72. The molecule has 1 N–H and O–H groups in total. The molecule has 3 rings (SSSR count). The molecule has 0 spiro atoms. The number of ether oxygens (including phenoxy) is 2. The molecule has 102 valence electrons. The second kappa shape index (κ2) is 5.54. The molecule has 20 heavy (non-hydrogen) atoms. The number of amides is 1. The van der Waals surface area contributed by atoms with Crippen molar-refractivity contribution in [3.05, 3.63) is 53.0 Å². The number of anilines is 1. The maximum absolute atomic E-state index is 12.2. The van der Waals surface area contributed by atoms with E-state index in [4.69, 9.17) is 9.47 Å². The molecule has 5 heteroatoms. The first-order chi connectivity index (χ1) is 9.74. The van der Waals surface area contributed by atoms with Gasteiger partial charge in [-0.05, 0) is 40.2 Å². The van der Waals surface area contributed by atoms with Gasteiger partial charge < -0.3 is 14.8 Å². The van der Waals surface area contributed by atoms with Crippen molar-refractivity contribution in [1.29, 1.82) is 0 Å². The van der Waals surface area contributed by atoms with Gasteiger partial charge in [-0.3, -0.25) is 4.79 Å². The maximum atomic E-state index is 12.2. The second-order valence-electron chi connectivity index (χ2n) is 4.33. The van der Waals surface area contributed by atoms with E-state index in [-0.39, 0.29) is 12.5 Å². The van der Waals surface area contributed by atoms with Crippen LogP contribution in [-0.4, -0.2) is 18.6 Å². The highest BCUT2D eigenvalue weighted by molar-refractivity contribution is 9.10. The fourth-order valence-electron chi connectivity index (χ4n) is 1.92. The van der Waals surface area contributed by atoms with Crippen LogP contribution in [0, 0.1) is 0 Å². The largest absolute Gasteiger partial charge is 0.485 e. The predicted molar refractivity (Wildman–Crippen MR) is 79.1 cm³/mol. The Hall–Kier alpha value is -2.01. The van der Waals surface area contributed by atoms with Crippen molar-refractivity contribution >= 4 is 27.5 Å². The van der Waals surface area contributed by atoms with Crippen molar-refractivity contribution in [2.24, 2.45) is 0 Å². The highest BCUT2D eigenvalue weighted by atomic mass is 79.9. The van der Waals surface area contributed by atoms with Crippen LogP contribution in [0.15, 0.2) is 53.0 Å². The van der Waals surface area contributed by atoms with Crippen LogP contribution in [-0.2, 0) is 4.79 Å². The topological polar surface area (TPSA) is 47.6 Å². The molecular weight excluding hydrogens is 322 g/mol. The second-order valence-corrected chi connectivity index (χ2v) is 5.19. The smallest absolute Gasteiger partial charge is 0.269 e. The molecular formula is C15H12BrNO3. The van der Waals surface area contributed by atoms with Crippen LogP contribution < -0.4 is 14.8 Å². The molecule has 0 bridgehead atoms. The summed E-state index contributed by atoms with van der Waals surface area (Å²) < 4.78 is 12.0. The first kappa shape index (κ1) is 13.0. The Labute approximate surface area is 124 Å². The summed E-state index contributed by atoms with van der Waals surface area (Å²) in [6.07, 6.45) is -0.656. The summed E-state index contributed by atoms with van der Waals surface area (Å²) in [6.45, 7) is 0.202. The van der Waals surface area contributed by atoms with Crippen molar-refractivity contribution < 1.29 is 14.3 Å². The first-order valence-electron chi connectivity index (χ1n) is 6.18. The van der Waals surface area contributed by atoms with E-state index in [1.165, 1.54) is 0 Å². The molecule has 0 fully saturated rings. The Morgan fingerprint density at radius 2 is 1.80 bits per heavy atom. The van der Waals surface area contributed by atoms with Gasteiger partial charge in [0, 0.05) is 4.47 Å². The summed E-state index contributed by atoms with van der Waals surface area (Å²) in [7, 11) is 0. The number of halogens is 1. The van der Waals surface area contributed by atoms with E-state index in [1.807, 2.05) is 42.5 Å². The number of fused-ring (bicyclic) bond motifs is 1. The van der Waals surface area contributed by atoms with Crippen molar-refractivity contribution in [3.8, 4) is 11.5 Å². The highest BCUT2D eigenvalue weighted by Gasteiger charge is 2.27. The van der Waals surface area contributed by atoms with E-state index in [0.29, 0.717) is 17.2 Å². The molecule has 1 aliphatic heterocycles. The molecule has 1 heterocycles. The number of benzene rings is 2. The van der Waals surface area contributed by atoms with Gasteiger partial charge >= 0.3 is 0 Å². The standard InChI is InChI=1S/C15H12BrNO3/c16-10-5-1-2-6-11(10)17-15(18)14-9-19-12-7-3-4-8-13(12)20-14/h1-8,14H,9H2,(H,17,18)/t14-/m1/s1. The van der Waals surface area contributed by atoms with Crippen LogP contribution in [0.3, 0.4) is 0 Å². The third-order valence-corrected chi connectivity index (χ3v) is 3.62. The van der Waals surface area contributed by atoms with Gasteiger partial charge in [-0.2, -0.15) is 0 Å². The number of hydrogen-bond acceptors (Lipinski definition) is 3. The lowest BCUT2D eigenvalue weighted by Gasteiger charge is -2.25. The predicted octanol–water partition coefficient (Wildman–Crippen LogP) is 3.23. The molecule has 0 aliphatic carbocycles. The molecule has 4 nitrogen and oxygen atoms in total. The highest BCUT2D eigenvalue weighted by Crippen LogP contribution is 2.31. The minimum absolute atomic E-state index is 0.202. The summed E-state index contributed by atoms with van der Waals surface area (Å²) in [4.78, 5) is 12.2. The summed E-state index contributed by atoms with van der Waals surface area (Å²) in [5, 5.41) is 2.82. The average molecular weight is 334 g/mol. The summed E-state index contributed by atoms with van der Waals surface area (Å²) in [5.74, 6) is 1.02. The minimum Gasteiger partial charge on any atom is -0.485 e. The van der Waals surface area contributed by atoms with Crippen LogP contribution >= 0.6 is 15.9 Å². The lowest BCUT2D eigenvalue weighted by molar-refractivity contribution is -0.125. The monoisotopic (exact) mass is 333 g/mol. The lowest BCUT2D eigenvalue weighted by atomic mass is 10.2. The molecule has 2 aromatic rings. The maximum Gasteiger partial charge on any atom is 0.269 e. The van der Waals surface area contributed by atoms with Crippen LogP contribution in [0.4, 0.5) is 5.69 Å². The van der Waals surface area contributed by atoms with Gasteiger partial charge in [-0.25, -0.2) is 0 Å². The third kappa shape index (κ3) is 2.63. The quantitative estimate of drug-likeness (QED) is 0.917. The Bertz CT molecular complexity index is 645. The summed E-state index contributed by atoms with van der Waals surface area (Å²) >= 11 is 3.39. The molecule has 1 atom stereocenters. The molecule has 1 aliphatic rings. The molecule has 0 radical (unpaired) electrons. The van der Waals surface area contributed by atoms with E-state index < -0.39 is 6.10 Å². The van der Waals surface area contributed by atoms with Gasteiger partial charge in [-0.15, -0.1) is 0 Å². The number of rotatable bonds is 2. The van der Waals surface area contributed by atoms with Crippen molar-refractivity contribution in [3.63, 3.8) is 0 Å². The van der Waals surface area contributed by atoms with Crippen LogP contribution in [0.5, 0.6) is 11.5 Å². The molecule has 0 aromatic heterocycles. The van der Waals surface area contributed by atoms with Gasteiger partial charge in [-0.1, -0.05) is 24.3 Å². The van der Waals surface area contributed by atoms with Crippen molar-refractivity contribution in [2.75, 3.05) is 11.9 Å². The summed E-state index contributed by atoms with van der Waals surface area (Å²) in [6, 6.07) is 14.7. The fourth-order valence-corrected chi connectivity index (χ4v) is 2.31. The summed E-state index contributed by atoms with van der Waals surface area (Å²) in [5.41, 5.74) is 0.708. The van der Waals surface area contributed by atoms with E-state index in [1.54, 1.807) is 6.07 Å². The van der Waals surface area contributed by atoms with Gasteiger partial charge in [0.1, 0.15) is 6.61 Å². The zero-order valence-electron chi connectivity index (χ0n) is 10.5. The molecule has 0 saturated heterocycles. The Morgan fingerprint density at radius 3 is 2.60 bits per heavy atom. The molecule has 0 unspecified atom stereocenters. The van der Waals surface area contributed by atoms with Crippen molar-refractivity contribution in [1.82, 2.24) is 0 Å². The number of hydrogen-bond donors (Lipinski definition) is 1. The van der Waals surface area contributed by atoms with E-state index in [9.17, 15) is 4.79 Å². The minimum atomic E-state index is -0.656. The number of nitrogens with one attached hydrogen (secondary N) is 1. The van der Waals surface area contributed by atoms with E-state index in [2.05, 4.69) is 21.2 Å². The van der Waals surface area contributed by atoms with Crippen LogP contribution in [0.1, 0.15) is 0 Å². The molecule has 2 aromatic carbocycles. The normalized spacial score (nSPS) is 16.6.